The van der Waals surface area contributed by atoms with Crippen molar-refractivity contribution in [3.63, 3.8) is 0 Å². The molecule has 0 saturated carbocycles. The molecule has 0 saturated heterocycles. The molecule has 1 N–H and O–H groups in total. The average Bonchev–Trinajstić information content (AvgIpc) is 2.37. The van der Waals surface area contributed by atoms with E-state index in [0.717, 1.165) is 0 Å². The predicted molar refractivity (Wildman–Crippen MR) is 68.7 cm³/mol. The molecule has 19 heavy (non-hydrogen) atoms. The van der Waals surface area contributed by atoms with E-state index in [2.05, 4.69) is 47.2 Å². The van der Waals surface area contributed by atoms with E-state index in [4.69, 9.17) is 4.74 Å². The minimum atomic E-state index is -0.166. The third-order valence-electron chi connectivity index (χ3n) is 1.63. The molecule has 1 amide bonds. The number of rotatable bonds is 7. The number of ether oxygens (including phenoxy) is 1. The number of nitrogens with one attached hydrogen (secondary N) is 1. The summed E-state index contributed by atoms with van der Waals surface area (Å²) in [5.41, 5.74) is 0. The fraction of sp³-hybridized carbons (Fsp3) is 0.375. The molecule has 0 aliphatic rings. The maximum Gasteiger partial charge on any atom is 1.00 e. The van der Waals surface area contributed by atoms with Crippen LogP contribution in [0.2, 0.25) is 0 Å². The summed E-state index contributed by atoms with van der Waals surface area (Å²) in [6, 6.07) is 0. The standard InChI is InChI=1S/C8H10IN3O5S.Na/c1-15-7-8(18-17-16-14)10-4-5(12-7)11-6(13)2-3-9;/h4,14H,2-3H2,1H3,(H,11,12,13);/q;+1/p-1. The zero-order chi connectivity index (χ0) is 13.4. The van der Waals surface area contributed by atoms with E-state index in [9.17, 15) is 10.1 Å². The van der Waals surface area contributed by atoms with Gasteiger partial charge in [-0.2, -0.15) is 9.32 Å². The molecule has 1 aromatic rings. The Bertz CT molecular complexity index is 414. The van der Waals surface area contributed by atoms with Crippen molar-refractivity contribution in [2.45, 2.75) is 11.4 Å². The van der Waals surface area contributed by atoms with Crippen molar-refractivity contribution in [1.29, 1.82) is 0 Å². The number of anilines is 1. The van der Waals surface area contributed by atoms with Crippen LogP contribution in [0.4, 0.5) is 5.82 Å². The molecule has 1 aromatic heterocycles. The van der Waals surface area contributed by atoms with Gasteiger partial charge in [-0.05, 0) is 0 Å². The molecule has 1 heterocycles. The van der Waals surface area contributed by atoms with Gasteiger partial charge in [-0.25, -0.2) is 4.98 Å². The number of amides is 1. The minimum Gasteiger partial charge on any atom is -0.691 e. The first-order valence-corrected chi connectivity index (χ1v) is 6.88. The molecular formula is C8H9IN3NaO5S. The van der Waals surface area contributed by atoms with Crippen LogP contribution in [-0.4, -0.2) is 27.4 Å². The number of alkyl halides is 1. The Balaban J connectivity index is 0.00000324. The predicted octanol–water partition coefficient (Wildman–Crippen LogP) is -2.52. The summed E-state index contributed by atoms with van der Waals surface area (Å²) in [6.45, 7) is 0. The fourth-order valence-electron chi connectivity index (χ4n) is 0.949. The van der Waals surface area contributed by atoms with E-state index in [0.29, 0.717) is 22.9 Å². The largest absolute Gasteiger partial charge is 1.00 e. The van der Waals surface area contributed by atoms with Gasteiger partial charge in [-0.3, -0.25) is 9.83 Å². The van der Waals surface area contributed by atoms with Crippen LogP contribution in [0.15, 0.2) is 11.2 Å². The first kappa shape index (κ1) is 19.3. The maximum absolute atomic E-state index is 11.4. The van der Waals surface area contributed by atoms with E-state index in [-0.39, 0.29) is 52.2 Å². The number of carbonyl (C=O) groups is 1. The topological polar surface area (TPSA) is 106 Å². The molecule has 0 fully saturated rings. The molecule has 0 unspecified atom stereocenters. The van der Waals surface area contributed by atoms with E-state index in [1.54, 1.807) is 0 Å². The molecule has 0 aromatic carbocycles. The van der Waals surface area contributed by atoms with Gasteiger partial charge in [0, 0.05) is 10.8 Å². The van der Waals surface area contributed by atoms with Gasteiger partial charge in [0.15, 0.2) is 10.8 Å². The van der Waals surface area contributed by atoms with E-state index >= 15 is 0 Å². The van der Waals surface area contributed by atoms with Gasteiger partial charge in [0.05, 0.1) is 25.3 Å². The zero-order valence-electron chi connectivity index (χ0n) is 10.2. The first-order valence-electron chi connectivity index (χ1n) is 4.61. The summed E-state index contributed by atoms with van der Waals surface area (Å²) < 4.78 is 9.76. The number of aromatic nitrogens is 2. The Morgan fingerprint density at radius 1 is 1.63 bits per heavy atom. The molecule has 0 aliphatic heterocycles. The van der Waals surface area contributed by atoms with Crippen molar-refractivity contribution in [3.05, 3.63) is 6.20 Å². The number of hydrogen-bond acceptors (Lipinski definition) is 8. The van der Waals surface area contributed by atoms with Gasteiger partial charge < -0.3 is 15.3 Å². The quantitative estimate of drug-likeness (QED) is 0.132. The average molecular weight is 409 g/mol. The van der Waals surface area contributed by atoms with Crippen molar-refractivity contribution in [2.75, 3.05) is 16.9 Å². The van der Waals surface area contributed by atoms with Crippen LogP contribution in [0.1, 0.15) is 6.42 Å². The van der Waals surface area contributed by atoms with E-state index < -0.39 is 0 Å². The molecule has 8 nitrogen and oxygen atoms in total. The van der Waals surface area contributed by atoms with Crippen molar-refractivity contribution < 1.29 is 53.7 Å². The summed E-state index contributed by atoms with van der Waals surface area (Å²) in [5, 5.41) is 15.7. The van der Waals surface area contributed by atoms with Crippen LogP contribution < -0.4 is 44.9 Å². The van der Waals surface area contributed by atoms with Gasteiger partial charge in [0.2, 0.25) is 5.91 Å². The van der Waals surface area contributed by atoms with Crippen LogP contribution in [0.3, 0.4) is 0 Å². The van der Waals surface area contributed by atoms with Gasteiger partial charge >= 0.3 is 29.6 Å². The second kappa shape index (κ2) is 11.0. The summed E-state index contributed by atoms with van der Waals surface area (Å²) in [5.74, 6) is 0.207. The fourth-order valence-corrected chi connectivity index (χ4v) is 1.83. The van der Waals surface area contributed by atoms with Gasteiger partial charge in [-0.1, -0.05) is 22.6 Å². The monoisotopic (exact) mass is 409 g/mol. The van der Waals surface area contributed by atoms with Crippen LogP contribution in [0, 0.1) is 0 Å². The Kier molecular flexibility index (Phi) is 11.2. The molecule has 1 rings (SSSR count). The molecule has 0 spiro atoms. The van der Waals surface area contributed by atoms with Crippen molar-refractivity contribution in [1.82, 2.24) is 9.97 Å². The van der Waals surface area contributed by atoms with Gasteiger partial charge in [-0.15, -0.1) is 0 Å². The second-order valence-electron chi connectivity index (χ2n) is 2.78. The number of halogens is 1. The number of nitrogens with zero attached hydrogens (tertiary/aromatic N) is 2. The van der Waals surface area contributed by atoms with Crippen LogP contribution in [0.5, 0.6) is 5.88 Å². The Morgan fingerprint density at radius 3 is 2.95 bits per heavy atom. The summed E-state index contributed by atoms with van der Waals surface area (Å²) in [4.78, 5) is 19.3. The third kappa shape index (κ3) is 7.04. The molecule has 0 radical (unpaired) electrons. The normalized spacial score (nSPS) is 9.63. The van der Waals surface area contributed by atoms with Crippen molar-refractivity contribution >= 4 is 46.4 Å². The van der Waals surface area contributed by atoms with Gasteiger partial charge in [0.25, 0.3) is 5.88 Å². The minimum absolute atomic E-state index is 0. The first-order chi connectivity index (χ1) is 8.71. The SMILES string of the molecule is COc1nc(NC(=O)CCI)cnc1SOO[O-].[Na+]. The van der Waals surface area contributed by atoms with Crippen LogP contribution >= 0.6 is 34.6 Å². The second-order valence-corrected chi connectivity index (χ2v) is 4.54. The van der Waals surface area contributed by atoms with Crippen LogP contribution in [0.25, 0.3) is 0 Å². The summed E-state index contributed by atoms with van der Waals surface area (Å²) in [6.07, 6.45) is 1.71. The molecule has 100 valence electrons. The maximum atomic E-state index is 11.4. The smallest absolute Gasteiger partial charge is 0.691 e. The Hall–Kier alpha value is 0.310. The number of methoxy groups -OCH3 is 1. The molecule has 0 aliphatic carbocycles. The van der Waals surface area contributed by atoms with E-state index in [1.165, 1.54) is 13.3 Å². The number of carbonyl (C=O) groups excluding carboxylic acids is 1. The summed E-state index contributed by atoms with van der Waals surface area (Å²) in [7, 11) is 1.38. The van der Waals surface area contributed by atoms with Crippen molar-refractivity contribution in [3.8, 4) is 5.88 Å². The summed E-state index contributed by atoms with van der Waals surface area (Å²) >= 11 is 2.66. The number of hydrogen-bond donors (Lipinski definition) is 1. The van der Waals surface area contributed by atoms with Crippen LogP contribution in [-0.2, 0) is 14.2 Å². The Labute approximate surface area is 149 Å². The Morgan fingerprint density at radius 2 is 2.37 bits per heavy atom. The molecule has 11 heteroatoms. The van der Waals surface area contributed by atoms with Gasteiger partial charge in [0.1, 0.15) is 0 Å². The van der Waals surface area contributed by atoms with E-state index in [1.807, 2.05) is 0 Å². The molecular weight excluding hydrogens is 400 g/mol. The molecule has 0 bridgehead atoms. The third-order valence-corrected chi connectivity index (χ3v) is 2.73. The van der Waals surface area contributed by atoms with Crippen molar-refractivity contribution in [2.24, 2.45) is 0 Å². The molecule has 0 atom stereocenters. The zero-order valence-corrected chi connectivity index (χ0v) is 15.2.